The summed E-state index contributed by atoms with van der Waals surface area (Å²) in [6.07, 6.45) is 0. The van der Waals surface area contributed by atoms with E-state index in [2.05, 4.69) is 10.3 Å². The molecule has 1 atom stereocenters. The van der Waals surface area contributed by atoms with Crippen molar-refractivity contribution in [2.45, 2.75) is 19.9 Å². The van der Waals surface area contributed by atoms with Gasteiger partial charge in [0.15, 0.2) is 6.04 Å². The molecule has 0 fully saturated rings. The number of aliphatic carboxylic acids is 1. The van der Waals surface area contributed by atoms with Gasteiger partial charge in [0.2, 0.25) is 5.91 Å². The summed E-state index contributed by atoms with van der Waals surface area (Å²) >= 11 is 0. The third kappa shape index (κ3) is 3.68. The number of aromatic nitrogens is 1. The normalized spacial score (nSPS) is 11.9. The quantitative estimate of drug-likeness (QED) is 0.870. The van der Waals surface area contributed by atoms with E-state index in [1.54, 1.807) is 6.07 Å². The number of carbonyl (C=O) groups is 2. The van der Waals surface area contributed by atoms with Gasteiger partial charge in [-0.3, -0.25) is 4.79 Å². The molecule has 1 aromatic heterocycles. The smallest absolute Gasteiger partial charge is 0.329 e. The summed E-state index contributed by atoms with van der Waals surface area (Å²) in [5.74, 6) is -1.07. The SMILES string of the molecule is CC(=O)NC(COc1cccc2ccc(C)nc12)C(=O)O. The summed E-state index contributed by atoms with van der Waals surface area (Å²) in [7, 11) is 0. The lowest BCUT2D eigenvalue weighted by Crippen LogP contribution is -2.43. The van der Waals surface area contributed by atoms with E-state index in [-0.39, 0.29) is 6.61 Å². The van der Waals surface area contributed by atoms with E-state index >= 15 is 0 Å². The number of para-hydroxylation sites is 1. The first-order valence-corrected chi connectivity index (χ1v) is 6.46. The number of nitrogens with one attached hydrogen (secondary N) is 1. The molecule has 0 spiro atoms. The Labute approximate surface area is 121 Å². The highest BCUT2D eigenvalue weighted by Gasteiger charge is 2.19. The topological polar surface area (TPSA) is 88.5 Å². The highest BCUT2D eigenvalue weighted by Crippen LogP contribution is 2.23. The number of nitrogens with zero attached hydrogens (tertiary/aromatic N) is 1. The number of hydrogen-bond donors (Lipinski definition) is 2. The summed E-state index contributed by atoms with van der Waals surface area (Å²) in [6, 6.07) is 8.15. The van der Waals surface area contributed by atoms with Crippen molar-refractivity contribution in [3.05, 3.63) is 36.0 Å². The van der Waals surface area contributed by atoms with E-state index in [1.165, 1.54) is 6.92 Å². The van der Waals surface area contributed by atoms with Crippen molar-refractivity contribution in [2.24, 2.45) is 0 Å². The van der Waals surface area contributed by atoms with Gasteiger partial charge in [-0.25, -0.2) is 9.78 Å². The third-order valence-electron chi connectivity index (χ3n) is 2.90. The minimum Gasteiger partial charge on any atom is -0.489 e. The van der Waals surface area contributed by atoms with E-state index in [0.717, 1.165) is 11.1 Å². The van der Waals surface area contributed by atoms with Crippen molar-refractivity contribution in [2.75, 3.05) is 6.61 Å². The van der Waals surface area contributed by atoms with Gasteiger partial charge >= 0.3 is 5.97 Å². The molecule has 110 valence electrons. The molecule has 0 aliphatic heterocycles. The maximum atomic E-state index is 11.1. The molecule has 21 heavy (non-hydrogen) atoms. The van der Waals surface area contributed by atoms with Crippen LogP contribution in [0.5, 0.6) is 5.75 Å². The van der Waals surface area contributed by atoms with Crippen LogP contribution in [0.2, 0.25) is 0 Å². The molecule has 0 aliphatic carbocycles. The van der Waals surface area contributed by atoms with Crippen LogP contribution in [-0.4, -0.2) is 34.6 Å². The Morgan fingerprint density at radius 1 is 1.33 bits per heavy atom. The Balaban J connectivity index is 2.21. The lowest BCUT2D eigenvalue weighted by atomic mass is 10.2. The molecule has 0 saturated carbocycles. The van der Waals surface area contributed by atoms with Gasteiger partial charge in [0.25, 0.3) is 0 Å². The number of amides is 1. The van der Waals surface area contributed by atoms with Gasteiger partial charge in [0.1, 0.15) is 17.9 Å². The second-order valence-corrected chi connectivity index (χ2v) is 4.68. The molecule has 6 nitrogen and oxygen atoms in total. The van der Waals surface area contributed by atoms with Gasteiger partial charge in [0.05, 0.1) is 0 Å². The monoisotopic (exact) mass is 288 g/mol. The van der Waals surface area contributed by atoms with Crippen LogP contribution in [0.3, 0.4) is 0 Å². The third-order valence-corrected chi connectivity index (χ3v) is 2.90. The zero-order valence-electron chi connectivity index (χ0n) is 11.8. The number of aryl methyl sites for hydroxylation is 1. The van der Waals surface area contributed by atoms with Crippen LogP contribution in [0.15, 0.2) is 30.3 Å². The minimum atomic E-state index is -1.14. The first-order valence-electron chi connectivity index (χ1n) is 6.46. The maximum Gasteiger partial charge on any atom is 0.329 e. The molecule has 2 N–H and O–H groups in total. The first-order chi connectivity index (χ1) is 9.97. The number of pyridine rings is 1. The number of ether oxygens (including phenoxy) is 1. The lowest BCUT2D eigenvalue weighted by Gasteiger charge is -2.15. The van der Waals surface area contributed by atoms with Crippen LogP contribution in [0.25, 0.3) is 10.9 Å². The Kier molecular flexibility index (Phi) is 4.37. The van der Waals surface area contributed by atoms with Crippen LogP contribution in [0.4, 0.5) is 0 Å². The zero-order valence-corrected chi connectivity index (χ0v) is 11.8. The van der Waals surface area contributed by atoms with Crippen molar-refractivity contribution in [3.8, 4) is 5.75 Å². The minimum absolute atomic E-state index is 0.163. The Bertz CT molecular complexity index is 684. The van der Waals surface area contributed by atoms with E-state index in [4.69, 9.17) is 9.84 Å². The molecular formula is C15H16N2O4. The Hall–Kier alpha value is -2.63. The second-order valence-electron chi connectivity index (χ2n) is 4.68. The van der Waals surface area contributed by atoms with Crippen molar-refractivity contribution in [3.63, 3.8) is 0 Å². The van der Waals surface area contributed by atoms with Gasteiger partial charge in [-0.1, -0.05) is 18.2 Å². The largest absolute Gasteiger partial charge is 0.489 e. The van der Waals surface area contributed by atoms with Crippen LogP contribution < -0.4 is 10.1 Å². The van der Waals surface area contributed by atoms with Crippen LogP contribution in [0, 0.1) is 6.92 Å². The number of carboxylic acid groups (broad SMARTS) is 1. The molecule has 0 bridgehead atoms. The molecule has 0 saturated heterocycles. The summed E-state index contributed by atoms with van der Waals surface area (Å²) in [5.41, 5.74) is 1.51. The average molecular weight is 288 g/mol. The molecule has 1 aromatic carbocycles. The summed E-state index contributed by atoms with van der Waals surface area (Å²) < 4.78 is 5.54. The van der Waals surface area contributed by atoms with Crippen molar-refractivity contribution < 1.29 is 19.4 Å². The van der Waals surface area contributed by atoms with Gasteiger partial charge in [0, 0.05) is 18.0 Å². The number of fused-ring (bicyclic) bond motifs is 1. The molecule has 1 amide bonds. The predicted octanol–water partition coefficient (Wildman–Crippen LogP) is 1.51. The van der Waals surface area contributed by atoms with E-state index in [0.29, 0.717) is 11.3 Å². The molecule has 2 aromatic rings. The lowest BCUT2D eigenvalue weighted by molar-refractivity contribution is -0.142. The maximum absolute atomic E-state index is 11.1. The molecule has 1 heterocycles. The number of carbonyl (C=O) groups excluding carboxylic acids is 1. The van der Waals surface area contributed by atoms with Gasteiger partial charge in [-0.15, -0.1) is 0 Å². The Morgan fingerprint density at radius 2 is 2.10 bits per heavy atom. The fraction of sp³-hybridized carbons (Fsp3) is 0.267. The number of hydrogen-bond acceptors (Lipinski definition) is 4. The van der Waals surface area contributed by atoms with Crippen LogP contribution >= 0.6 is 0 Å². The Morgan fingerprint density at radius 3 is 2.76 bits per heavy atom. The number of benzene rings is 1. The van der Waals surface area contributed by atoms with Crippen LogP contribution in [0.1, 0.15) is 12.6 Å². The fourth-order valence-electron chi connectivity index (χ4n) is 1.93. The van der Waals surface area contributed by atoms with Crippen LogP contribution in [-0.2, 0) is 9.59 Å². The van der Waals surface area contributed by atoms with Gasteiger partial charge in [-0.2, -0.15) is 0 Å². The average Bonchev–Trinajstić information content (AvgIpc) is 2.42. The highest BCUT2D eigenvalue weighted by atomic mass is 16.5. The van der Waals surface area contributed by atoms with Crippen molar-refractivity contribution in [1.82, 2.24) is 10.3 Å². The molecule has 0 aliphatic rings. The number of rotatable bonds is 5. The molecular weight excluding hydrogens is 272 g/mol. The molecule has 1 unspecified atom stereocenters. The van der Waals surface area contributed by atoms with E-state index in [9.17, 15) is 9.59 Å². The molecule has 2 rings (SSSR count). The molecule has 6 heteroatoms. The van der Waals surface area contributed by atoms with Crippen molar-refractivity contribution in [1.29, 1.82) is 0 Å². The van der Waals surface area contributed by atoms with Gasteiger partial charge in [-0.05, 0) is 19.1 Å². The molecule has 0 radical (unpaired) electrons. The summed E-state index contributed by atoms with van der Waals surface area (Å²) in [6.45, 7) is 2.97. The summed E-state index contributed by atoms with van der Waals surface area (Å²) in [5, 5.41) is 12.3. The summed E-state index contributed by atoms with van der Waals surface area (Å²) in [4.78, 5) is 26.4. The zero-order chi connectivity index (χ0) is 15.4. The predicted molar refractivity (Wildman–Crippen MR) is 77.2 cm³/mol. The van der Waals surface area contributed by atoms with Crippen molar-refractivity contribution >= 4 is 22.8 Å². The van der Waals surface area contributed by atoms with E-state index in [1.807, 2.05) is 31.2 Å². The number of carboxylic acids is 1. The van der Waals surface area contributed by atoms with E-state index < -0.39 is 17.9 Å². The standard InChI is InChI=1S/C15H16N2O4/c1-9-6-7-11-4-3-5-13(14(11)16-9)21-8-12(15(19)20)17-10(2)18/h3-7,12H,8H2,1-2H3,(H,17,18)(H,19,20). The first kappa shape index (κ1) is 14.8. The second kappa shape index (κ2) is 6.21. The van der Waals surface area contributed by atoms with Gasteiger partial charge < -0.3 is 15.2 Å². The highest BCUT2D eigenvalue weighted by molar-refractivity contribution is 5.85. The fourth-order valence-corrected chi connectivity index (χ4v) is 1.93.